The number of carbonyl (C=O) groups excluding carboxylic acids is 1. The van der Waals surface area contributed by atoms with Crippen LogP contribution in [0.1, 0.15) is 36.8 Å². The summed E-state index contributed by atoms with van der Waals surface area (Å²) in [6.45, 7) is 0.787. The molecule has 3 rings (SSSR count). The summed E-state index contributed by atoms with van der Waals surface area (Å²) in [4.78, 5) is 11.5. The van der Waals surface area contributed by atoms with E-state index >= 15 is 0 Å². The Morgan fingerprint density at radius 2 is 2.24 bits per heavy atom. The van der Waals surface area contributed by atoms with E-state index in [4.69, 9.17) is 4.74 Å². The maximum absolute atomic E-state index is 11.5. The Labute approximate surface area is 103 Å². The van der Waals surface area contributed by atoms with E-state index in [1.807, 2.05) is 0 Å². The highest BCUT2D eigenvalue weighted by Gasteiger charge is 2.25. The van der Waals surface area contributed by atoms with E-state index in [1.54, 1.807) is 0 Å². The predicted molar refractivity (Wildman–Crippen MR) is 63.0 cm³/mol. The summed E-state index contributed by atoms with van der Waals surface area (Å²) in [5, 5.41) is 14.9. The molecule has 0 bridgehead atoms. The molecule has 0 aromatic carbocycles. The summed E-state index contributed by atoms with van der Waals surface area (Å²) in [6, 6.07) is 0.156. The van der Waals surface area contributed by atoms with Crippen LogP contribution < -0.4 is 10.6 Å². The van der Waals surface area contributed by atoms with Gasteiger partial charge in [0.15, 0.2) is 0 Å². The Morgan fingerprint density at radius 3 is 2.94 bits per heavy atom. The van der Waals surface area contributed by atoms with Crippen molar-refractivity contribution in [3.05, 3.63) is 5.01 Å². The molecule has 17 heavy (non-hydrogen) atoms. The Bertz CT molecular complexity index is 412. The lowest BCUT2D eigenvalue weighted by atomic mass is 10.2. The Morgan fingerprint density at radius 1 is 1.35 bits per heavy atom. The van der Waals surface area contributed by atoms with Gasteiger partial charge in [-0.3, -0.25) is 5.32 Å². The van der Waals surface area contributed by atoms with Crippen molar-refractivity contribution in [2.75, 3.05) is 11.9 Å². The number of nitrogens with zero attached hydrogens (tertiary/aromatic N) is 2. The van der Waals surface area contributed by atoms with Gasteiger partial charge in [-0.1, -0.05) is 11.3 Å². The zero-order valence-corrected chi connectivity index (χ0v) is 10.1. The van der Waals surface area contributed by atoms with Gasteiger partial charge in [-0.2, -0.15) is 0 Å². The lowest BCUT2D eigenvalue weighted by Crippen LogP contribution is -2.30. The van der Waals surface area contributed by atoms with E-state index in [2.05, 4.69) is 20.8 Å². The smallest absolute Gasteiger partial charge is 0.321 e. The average molecular weight is 254 g/mol. The lowest BCUT2D eigenvalue weighted by Gasteiger charge is -2.03. The molecule has 1 aliphatic carbocycles. The molecule has 1 aromatic rings. The third-order valence-electron chi connectivity index (χ3n) is 2.78. The number of hydrogen-bond acceptors (Lipinski definition) is 5. The van der Waals surface area contributed by atoms with Gasteiger partial charge in [-0.15, -0.1) is 10.2 Å². The third-order valence-corrected chi connectivity index (χ3v) is 3.71. The van der Waals surface area contributed by atoms with Crippen molar-refractivity contribution in [3.63, 3.8) is 0 Å². The molecule has 0 spiro atoms. The topological polar surface area (TPSA) is 76.1 Å². The van der Waals surface area contributed by atoms with E-state index in [-0.39, 0.29) is 12.1 Å². The minimum absolute atomic E-state index is 0.0644. The normalized spacial score (nSPS) is 23.6. The van der Waals surface area contributed by atoms with Crippen LogP contribution in [0.25, 0.3) is 0 Å². The highest BCUT2D eigenvalue weighted by Crippen LogP contribution is 2.31. The average Bonchev–Trinajstić information content (AvgIpc) is 2.84. The second-order valence-corrected chi connectivity index (χ2v) is 5.33. The number of amides is 2. The molecule has 1 aliphatic heterocycles. The van der Waals surface area contributed by atoms with Crippen LogP contribution >= 0.6 is 11.3 Å². The van der Waals surface area contributed by atoms with Crippen LogP contribution in [0.3, 0.4) is 0 Å². The minimum atomic E-state index is -0.192. The second-order valence-electron chi connectivity index (χ2n) is 4.32. The molecule has 6 nitrogen and oxygen atoms in total. The highest BCUT2D eigenvalue weighted by atomic mass is 32.1. The van der Waals surface area contributed by atoms with Crippen molar-refractivity contribution in [2.24, 2.45) is 0 Å². The van der Waals surface area contributed by atoms with Crippen molar-refractivity contribution in [3.8, 4) is 0 Å². The number of carbonyl (C=O) groups is 1. The van der Waals surface area contributed by atoms with Crippen LogP contribution in [0.2, 0.25) is 0 Å². The first kappa shape index (κ1) is 10.9. The van der Waals surface area contributed by atoms with E-state index < -0.39 is 0 Å². The summed E-state index contributed by atoms with van der Waals surface area (Å²) in [5.74, 6) is 0. The van der Waals surface area contributed by atoms with Gasteiger partial charge in [-0.05, 0) is 25.7 Å². The maximum Gasteiger partial charge on any atom is 0.321 e. The van der Waals surface area contributed by atoms with Crippen molar-refractivity contribution < 1.29 is 9.53 Å². The van der Waals surface area contributed by atoms with Crippen molar-refractivity contribution in [1.29, 1.82) is 0 Å². The van der Waals surface area contributed by atoms with Crippen LogP contribution in [0.15, 0.2) is 0 Å². The van der Waals surface area contributed by atoms with Crippen LogP contribution in [0.5, 0.6) is 0 Å². The van der Waals surface area contributed by atoms with E-state index in [0.717, 1.165) is 37.3 Å². The van der Waals surface area contributed by atoms with Gasteiger partial charge in [-0.25, -0.2) is 4.79 Å². The first-order valence-electron chi connectivity index (χ1n) is 5.84. The SMILES string of the molecule is O=C(Nc1nnc(C2CCCO2)s1)NC1CC1. The number of rotatable bonds is 3. The van der Waals surface area contributed by atoms with Gasteiger partial charge in [0, 0.05) is 12.6 Å². The van der Waals surface area contributed by atoms with Gasteiger partial charge >= 0.3 is 6.03 Å². The Balaban J connectivity index is 1.57. The fraction of sp³-hybridized carbons (Fsp3) is 0.700. The second kappa shape index (κ2) is 4.58. The monoisotopic (exact) mass is 254 g/mol. The zero-order valence-electron chi connectivity index (χ0n) is 9.31. The van der Waals surface area contributed by atoms with Crippen LogP contribution in [-0.4, -0.2) is 28.9 Å². The van der Waals surface area contributed by atoms with Gasteiger partial charge < -0.3 is 10.1 Å². The van der Waals surface area contributed by atoms with Gasteiger partial charge in [0.25, 0.3) is 0 Å². The largest absolute Gasteiger partial charge is 0.371 e. The van der Waals surface area contributed by atoms with Crippen LogP contribution in [0, 0.1) is 0 Å². The summed E-state index contributed by atoms with van der Waals surface area (Å²) in [7, 11) is 0. The first-order valence-corrected chi connectivity index (χ1v) is 6.65. The molecule has 2 fully saturated rings. The molecule has 2 amide bonds. The Hall–Kier alpha value is -1.21. The molecule has 92 valence electrons. The van der Waals surface area contributed by atoms with E-state index in [0.29, 0.717) is 11.2 Å². The molecular formula is C10H14N4O2S. The number of anilines is 1. The zero-order chi connectivity index (χ0) is 11.7. The number of aromatic nitrogens is 2. The minimum Gasteiger partial charge on any atom is -0.371 e. The standard InChI is InChI=1S/C10H14N4O2S/c15-9(11-6-3-4-6)12-10-14-13-8(17-10)7-2-1-5-16-7/h6-7H,1-5H2,(H2,11,12,14,15). The predicted octanol–water partition coefficient (Wildman–Crippen LogP) is 1.67. The van der Waals surface area contributed by atoms with Gasteiger partial charge in [0.2, 0.25) is 5.13 Å². The molecule has 1 saturated heterocycles. The first-order chi connectivity index (χ1) is 8.31. The molecule has 2 N–H and O–H groups in total. The van der Waals surface area contributed by atoms with Crippen molar-refractivity contribution in [2.45, 2.75) is 37.8 Å². The summed E-state index contributed by atoms with van der Waals surface area (Å²) in [6.07, 6.45) is 4.27. The number of ether oxygens (including phenoxy) is 1. The molecular weight excluding hydrogens is 240 g/mol. The van der Waals surface area contributed by atoms with Crippen molar-refractivity contribution >= 4 is 22.5 Å². The van der Waals surface area contributed by atoms with E-state index in [9.17, 15) is 4.79 Å². The fourth-order valence-corrected chi connectivity index (χ4v) is 2.56. The van der Waals surface area contributed by atoms with Gasteiger partial charge in [0.1, 0.15) is 11.1 Å². The van der Waals surface area contributed by atoms with Crippen LogP contribution in [-0.2, 0) is 4.74 Å². The highest BCUT2D eigenvalue weighted by molar-refractivity contribution is 7.15. The summed E-state index contributed by atoms with van der Waals surface area (Å²) < 4.78 is 5.51. The molecule has 2 heterocycles. The molecule has 1 saturated carbocycles. The molecule has 0 radical (unpaired) electrons. The third kappa shape index (κ3) is 2.73. The molecule has 7 heteroatoms. The van der Waals surface area contributed by atoms with E-state index in [1.165, 1.54) is 11.3 Å². The summed E-state index contributed by atoms with van der Waals surface area (Å²) >= 11 is 1.39. The lowest BCUT2D eigenvalue weighted by molar-refractivity contribution is 0.111. The molecule has 1 atom stereocenters. The Kier molecular flexibility index (Phi) is 2.94. The maximum atomic E-state index is 11.5. The molecule has 1 unspecified atom stereocenters. The molecule has 1 aromatic heterocycles. The van der Waals surface area contributed by atoms with Crippen LogP contribution in [0.4, 0.5) is 9.93 Å². The van der Waals surface area contributed by atoms with Crippen molar-refractivity contribution in [1.82, 2.24) is 15.5 Å². The number of hydrogen-bond donors (Lipinski definition) is 2. The number of urea groups is 1. The molecule has 2 aliphatic rings. The fourth-order valence-electron chi connectivity index (χ4n) is 1.73. The summed E-state index contributed by atoms with van der Waals surface area (Å²) in [5.41, 5.74) is 0. The van der Waals surface area contributed by atoms with Gasteiger partial charge in [0.05, 0.1) is 0 Å². The number of nitrogens with one attached hydrogen (secondary N) is 2. The quantitative estimate of drug-likeness (QED) is 0.860.